The van der Waals surface area contributed by atoms with Crippen LogP contribution in [0.15, 0.2) is 60.9 Å². The minimum atomic E-state index is -1.05. The van der Waals surface area contributed by atoms with Gasteiger partial charge in [-0.2, -0.15) is 0 Å². The number of amides is 2. The van der Waals surface area contributed by atoms with Crippen molar-refractivity contribution in [1.29, 1.82) is 0 Å². The van der Waals surface area contributed by atoms with Crippen molar-refractivity contribution in [3.8, 4) is 0 Å². The molecule has 0 unspecified atom stereocenters. The van der Waals surface area contributed by atoms with Crippen LogP contribution in [0.5, 0.6) is 0 Å². The van der Waals surface area contributed by atoms with Crippen LogP contribution in [0.1, 0.15) is 31.4 Å². The van der Waals surface area contributed by atoms with Crippen LogP contribution in [0.2, 0.25) is 0 Å². The largest absolute Gasteiger partial charge is 0.361 e. The Morgan fingerprint density at radius 1 is 0.943 bits per heavy atom. The maximum Gasteiger partial charge on any atom is 0.225 e. The Balaban J connectivity index is 1.56. The van der Waals surface area contributed by atoms with Crippen LogP contribution in [-0.4, -0.2) is 39.8 Å². The van der Waals surface area contributed by atoms with Gasteiger partial charge in [-0.25, -0.2) is 0 Å². The van der Waals surface area contributed by atoms with Crippen molar-refractivity contribution in [2.45, 2.75) is 44.8 Å². The first-order chi connectivity index (χ1) is 16.8. The van der Waals surface area contributed by atoms with E-state index in [1.807, 2.05) is 60.9 Å². The van der Waals surface area contributed by atoms with Crippen LogP contribution in [0, 0.1) is 5.92 Å². The lowest BCUT2D eigenvalue weighted by Gasteiger charge is -2.24. The lowest BCUT2D eigenvalue weighted by Crippen LogP contribution is -2.50. The summed E-state index contributed by atoms with van der Waals surface area (Å²) in [4.78, 5) is 44.0. The number of H-pyrrole nitrogens is 2. The third kappa shape index (κ3) is 5.60. The normalized spacial score (nSPS) is 13.5. The fourth-order valence-electron chi connectivity index (χ4n) is 4.35. The van der Waals surface area contributed by atoms with Gasteiger partial charge in [0.1, 0.15) is 6.17 Å². The molecule has 6 N–H and O–H groups in total. The Morgan fingerprint density at radius 3 is 2.03 bits per heavy atom. The van der Waals surface area contributed by atoms with Crippen LogP contribution < -0.4 is 16.4 Å². The van der Waals surface area contributed by atoms with Crippen molar-refractivity contribution < 1.29 is 14.4 Å². The fraction of sp³-hybridized carbons (Fsp3) is 0.296. The molecule has 2 heterocycles. The van der Waals surface area contributed by atoms with Crippen molar-refractivity contribution in [3.05, 3.63) is 72.1 Å². The lowest BCUT2D eigenvalue weighted by molar-refractivity contribution is -0.131. The average molecular weight is 474 g/mol. The Kier molecular flexibility index (Phi) is 7.02. The van der Waals surface area contributed by atoms with Gasteiger partial charge >= 0.3 is 0 Å². The molecular formula is C27H31N5O3. The van der Waals surface area contributed by atoms with Gasteiger partial charge in [-0.05, 0) is 43.5 Å². The Bertz CT molecular complexity index is 1350. The molecule has 0 saturated carbocycles. The smallest absolute Gasteiger partial charge is 0.225 e. The van der Waals surface area contributed by atoms with E-state index in [-0.39, 0.29) is 18.1 Å². The number of hydrogen-bond donors (Lipinski definition) is 5. The number of carbonyl (C=O) groups is 3. The summed E-state index contributed by atoms with van der Waals surface area (Å²) in [7, 11) is 0. The minimum absolute atomic E-state index is 0.00423. The number of fused-ring (bicyclic) bond motifs is 2. The topological polar surface area (TPSA) is 133 Å². The number of aromatic nitrogens is 2. The average Bonchev–Trinajstić information content (AvgIpc) is 3.42. The molecule has 8 nitrogen and oxygen atoms in total. The number of ketones is 1. The number of carbonyl (C=O) groups excluding carboxylic acids is 3. The number of nitrogens with two attached hydrogens (primary N) is 1. The summed E-state index contributed by atoms with van der Waals surface area (Å²) in [6, 6.07) is 15.7. The molecule has 0 aliphatic heterocycles. The van der Waals surface area contributed by atoms with Gasteiger partial charge in [0, 0.05) is 53.0 Å². The molecule has 182 valence electrons. The highest BCUT2D eigenvalue weighted by atomic mass is 16.2. The molecule has 2 atom stereocenters. The number of nitrogens with one attached hydrogen (secondary N) is 4. The van der Waals surface area contributed by atoms with Crippen molar-refractivity contribution in [2.24, 2.45) is 11.7 Å². The van der Waals surface area contributed by atoms with Crippen LogP contribution >= 0.6 is 0 Å². The molecule has 4 rings (SSSR count). The van der Waals surface area contributed by atoms with Gasteiger partial charge in [-0.1, -0.05) is 36.4 Å². The SMILES string of the molecule is CC(C)(N)C(=O)C[C@H](Cc1c[nH]c2ccccc12)C(=O)N[C@H](Cc1c[nH]c2ccccc12)NC=O. The van der Waals surface area contributed by atoms with Crippen molar-refractivity contribution in [1.82, 2.24) is 20.6 Å². The fourth-order valence-corrected chi connectivity index (χ4v) is 4.35. The molecule has 35 heavy (non-hydrogen) atoms. The predicted molar refractivity (Wildman–Crippen MR) is 137 cm³/mol. The summed E-state index contributed by atoms with van der Waals surface area (Å²) in [5.74, 6) is -1.16. The number of benzene rings is 2. The van der Waals surface area contributed by atoms with Gasteiger partial charge in [0.2, 0.25) is 12.3 Å². The molecule has 2 aromatic heterocycles. The van der Waals surface area contributed by atoms with E-state index in [1.54, 1.807) is 13.8 Å². The van der Waals surface area contributed by atoms with Crippen molar-refractivity contribution in [2.75, 3.05) is 0 Å². The van der Waals surface area contributed by atoms with E-state index in [0.717, 1.165) is 32.9 Å². The van der Waals surface area contributed by atoms with E-state index >= 15 is 0 Å². The van der Waals surface area contributed by atoms with E-state index in [0.29, 0.717) is 19.3 Å². The molecule has 0 saturated heterocycles. The second kappa shape index (κ2) is 10.1. The third-order valence-electron chi connectivity index (χ3n) is 6.35. The Morgan fingerprint density at radius 2 is 1.49 bits per heavy atom. The zero-order chi connectivity index (χ0) is 25.0. The molecule has 0 spiro atoms. The first-order valence-corrected chi connectivity index (χ1v) is 11.7. The number of Topliss-reactive ketones (excluding diaryl/α,β-unsaturated/α-hetero) is 1. The van der Waals surface area contributed by atoms with Gasteiger partial charge in [0.05, 0.1) is 5.54 Å². The van der Waals surface area contributed by atoms with E-state index in [1.165, 1.54) is 0 Å². The number of aromatic amines is 2. The molecular weight excluding hydrogens is 442 g/mol. The number of hydrogen-bond acceptors (Lipinski definition) is 4. The summed E-state index contributed by atoms with van der Waals surface area (Å²) in [5, 5.41) is 7.67. The van der Waals surface area contributed by atoms with E-state index in [4.69, 9.17) is 5.73 Å². The molecule has 2 aromatic carbocycles. The third-order valence-corrected chi connectivity index (χ3v) is 6.35. The standard InChI is InChI=1S/C27H31N5O3/c1-27(2,28)24(34)12-17(11-18-14-29-22-9-5-3-7-20(18)22)26(35)32-25(31-16-33)13-19-15-30-23-10-6-4-8-21(19)23/h3-10,14-17,25,29-30H,11-13,28H2,1-2H3,(H,31,33)(H,32,35)/t17-,25+/m0/s1. The molecule has 0 radical (unpaired) electrons. The van der Waals surface area contributed by atoms with Gasteiger partial charge in [0.25, 0.3) is 0 Å². The first-order valence-electron chi connectivity index (χ1n) is 11.7. The molecule has 0 bridgehead atoms. The maximum atomic E-state index is 13.5. The zero-order valence-corrected chi connectivity index (χ0v) is 19.9. The maximum absolute atomic E-state index is 13.5. The van der Waals surface area contributed by atoms with Crippen LogP contribution in [-0.2, 0) is 27.2 Å². The van der Waals surface area contributed by atoms with Gasteiger partial charge in [-0.15, -0.1) is 0 Å². The lowest BCUT2D eigenvalue weighted by atomic mass is 9.87. The van der Waals surface area contributed by atoms with E-state index < -0.39 is 17.6 Å². The highest BCUT2D eigenvalue weighted by Crippen LogP contribution is 2.24. The summed E-state index contributed by atoms with van der Waals surface area (Å²) in [6.07, 6.45) is 4.43. The molecule has 8 heteroatoms. The zero-order valence-electron chi connectivity index (χ0n) is 19.9. The van der Waals surface area contributed by atoms with E-state index in [2.05, 4.69) is 20.6 Å². The first kappa shape index (κ1) is 24.2. The monoisotopic (exact) mass is 473 g/mol. The summed E-state index contributed by atoms with van der Waals surface area (Å²) >= 11 is 0. The van der Waals surface area contributed by atoms with Gasteiger partial charge < -0.3 is 26.3 Å². The molecule has 0 aliphatic carbocycles. The van der Waals surface area contributed by atoms with Gasteiger partial charge in [0.15, 0.2) is 5.78 Å². The second-order valence-corrected chi connectivity index (χ2v) is 9.52. The van der Waals surface area contributed by atoms with Crippen molar-refractivity contribution in [3.63, 3.8) is 0 Å². The summed E-state index contributed by atoms with van der Waals surface area (Å²) in [5.41, 5.74) is 8.83. The number of para-hydroxylation sites is 2. The van der Waals surface area contributed by atoms with E-state index in [9.17, 15) is 14.4 Å². The van der Waals surface area contributed by atoms with Crippen LogP contribution in [0.3, 0.4) is 0 Å². The van der Waals surface area contributed by atoms with Crippen LogP contribution in [0.4, 0.5) is 0 Å². The number of rotatable bonds is 11. The molecule has 2 amide bonds. The van der Waals surface area contributed by atoms with Crippen molar-refractivity contribution >= 4 is 39.9 Å². The highest BCUT2D eigenvalue weighted by Gasteiger charge is 2.30. The van der Waals surface area contributed by atoms with Gasteiger partial charge in [-0.3, -0.25) is 14.4 Å². The molecule has 4 aromatic rings. The Labute approximate surface area is 203 Å². The summed E-state index contributed by atoms with van der Waals surface area (Å²) < 4.78 is 0. The second-order valence-electron chi connectivity index (χ2n) is 9.52. The highest BCUT2D eigenvalue weighted by molar-refractivity contribution is 5.93. The molecule has 0 fully saturated rings. The predicted octanol–water partition coefficient (Wildman–Crippen LogP) is 2.94. The summed E-state index contributed by atoms with van der Waals surface area (Å²) in [6.45, 7) is 3.29. The molecule has 0 aliphatic rings. The van der Waals surface area contributed by atoms with Crippen LogP contribution in [0.25, 0.3) is 21.8 Å². The minimum Gasteiger partial charge on any atom is -0.361 e. The quantitative estimate of drug-likeness (QED) is 0.169. The Hall–Kier alpha value is -3.91.